The number of nitrogens with zero attached hydrogens (tertiary/aromatic N) is 3. The molecule has 5 nitrogen and oxygen atoms in total. The fourth-order valence-corrected chi connectivity index (χ4v) is 3.59. The second-order valence-corrected chi connectivity index (χ2v) is 6.65. The zero-order valence-electron chi connectivity index (χ0n) is 14.2. The minimum Gasteiger partial charge on any atom is -0.350 e. The van der Waals surface area contributed by atoms with E-state index in [4.69, 9.17) is 0 Å². The summed E-state index contributed by atoms with van der Waals surface area (Å²) in [6.07, 6.45) is 7.52. The number of anilines is 1. The van der Waals surface area contributed by atoms with Crippen molar-refractivity contribution in [2.24, 2.45) is 0 Å². The third-order valence-corrected chi connectivity index (χ3v) is 4.90. The van der Waals surface area contributed by atoms with E-state index in [1.165, 1.54) is 24.8 Å². The number of aromatic nitrogens is 3. The molecule has 0 saturated heterocycles. The molecule has 1 aromatic carbocycles. The van der Waals surface area contributed by atoms with Crippen LogP contribution in [0.3, 0.4) is 0 Å². The average Bonchev–Trinajstić information content (AvgIpc) is 2.67. The van der Waals surface area contributed by atoms with Gasteiger partial charge in [-0.3, -0.25) is 9.36 Å². The molecular formula is C20H22N4O. The van der Waals surface area contributed by atoms with E-state index in [1.807, 2.05) is 28.8 Å². The van der Waals surface area contributed by atoms with E-state index in [1.54, 1.807) is 12.3 Å². The van der Waals surface area contributed by atoms with Crippen LogP contribution in [0.15, 0.2) is 53.5 Å². The molecule has 0 atom stereocenters. The fourth-order valence-electron chi connectivity index (χ4n) is 3.59. The molecule has 1 aliphatic carbocycles. The maximum absolute atomic E-state index is 12.5. The van der Waals surface area contributed by atoms with Gasteiger partial charge in [0.1, 0.15) is 5.65 Å². The standard InChI is InChI=1S/C20H22N4O/c25-18-12-11-16-14-22-20(21-13-15-7-3-1-4-8-15)23-19(16)24(18)17-9-5-2-6-10-17/h1,3-4,7-8,11-12,14,17H,2,5-6,9-10,13H2,(H,21,22,23). The Morgan fingerprint density at radius 1 is 1.04 bits per heavy atom. The van der Waals surface area contributed by atoms with Gasteiger partial charge >= 0.3 is 0 Å². The number of hydrogen-bond donors (Lipinski definition) is 1. The molecule has 128 valence electrons. The summed E-state index contributed by atoms with van der Waals surface area (Å²) in [4.78, 5) is 21.6. The van der Waals surface area contributed by atoms with Crippen LogP contribution in [0.2, 0.25) is 0 Å². The molecule has 0 amide bonds. The van der Waals surface area contributed by atoms with Crippen LogP contribution in [0.4, 0.5) is 5.95 Å². The molecule has 2 heterocycles. The Balaban J connectivity index is 1.67. The summed E-state index contributed by atoms with van der Waals surface area (Å²) in [5.41, 5.74) is 1.95. The lowest BCUT2D eigenvalue weighted by Gasteiger charge is -2.24. The summed E-state index contributed by atoms with van der Waals surface area (Å²) < 4.78 is 1.88. The number of pyridine rings is 1. The van der Waals surface area contributed by atoms with E-state index in [-0.39, 0.29) is 11.6 Å². The zero-order valence-corrected chi connectivity index (χ0v) is 14.2. The molecular weight excluding hydrogens is 312 g/mol. The Morgan fingerprint density at radius 2 is 1.84 bits per heavy atom. The molecule has 0 spiro atoms. The first-order valence-electron chi connectivity index (χ1n) is 8.97. The van der Waals surface area contributed by atoms with Crippen LogP contribution in [0.1, 0.15) is 43.7 Å². The summed E-state index contributed by atoms with van der Waals surface area (Å²) in [6, 6.07) is 13.9. The normalized spacial score (nSPS) is 15.4. The van der Waals surface area contributed by atoms with Crippen molar-refractivity contribution in [2.75, 3.05) is 5.32 Å². The minimum absolute atomic E-state index is 0.0344. The minimum atomic E-state index is 0.0344. The third kappa shape index (κ3) is 3.40. The van der Waals surface area contributed by atoms with Crippen LogP contribution in [-0.2, 0) is 6.54 Å². The molecule has 4 rings (SSSR count). The Kier molecular flexibility index (Phi) is 4.46. The molecule has 0 bridgehead atoms. The molecule has 3 aromatic rings. The van der Waals surface area contributed by atoms with Gasteiger partial charge in [0.25, 0.3) is 5.56 Å². The van der Waals surface area contributed by atoms with E-state index >= 15 is 0 Å². The lowest BCUT2D eigenvalue weighted by molar-refractivity contribution is 0.353. The lowest BCUT2D eigenvalue weighted by Crippen LogP contribution is -2.26. The molecule has 1 aliphatic rings. The van der Waals surface area contributed by atoms with Crippen molar-refractivity contribution in [3.05, 3.63) is 64.6 Å². The van der Waals surface area contributed by atoms with Gasteiger partial charge in [-0.15, -0.1) is 0 Å². The smallest absolute Gasteiger partial charge is 0.252 e. The van der Waals surface area contributed by atoms with Crippen LogP contribution >= 0.6 is 0 Å². The van der Waals surface area contributed by atoms with E-state index in [0.717, 1.165) is 23.9 Å². The molecule has 0 unspecified atom stereocenters. The van der Waals surface area contributed by atoms with Gasteiger partial charge in [0.05, 0.1) is 0 Å². The SMILES string of the molecule is O=c1ccc2cnc(NCc3ccccc3)nc2n1C1CCCCC1. The highest BCUT2D eigenvalue weighted by molar-refractivity contribution is 5.75. The number of fused-ring (bicyclic) bond motifs is 1. The molecule has 0 radical (unpaired) electrons. The molecule has 0 aliphatic heterocycles. The monoisotopic (exact) mass is 334 g/mol. The van der Waals surface area contributed by atoms with Crippen molar-refractivity contribution in [3.8, 4) is 0 Å². The second-order valence-electron chi connectivity index (χ2n) is 6.65. The van der Waals surface area contributed by atoms with Gasteiger partial charge in [0.15, 0.2) is 0 Å². The Labute approximate surface area is 146 Å². The van der Waals surface area contributed by atoms with Crippen LogP contribution in [0.25, 0.3) is 11.0 Å². The summed E-state index contributed by atoms with van der Waals surface area (Å²) in [6.45, 7) is 0.660. The molecule has 1 N–H and O–H groups in total. The highest BCUT2D eigenvalue weighted by Crippen LogP contribution is 2.29. The van der Waals surface area contributed by atoms with Crippen molar-refractivity contribution in [1.29, 1.82) is 0 Å². The molecule has 25 heavy (non-hydrogen) atoms. The topological polar surface area (TPSA) is 59.8 Å². The fraction of sp³-hybridized carbons (Fsp3) is 0.350. The van der Waals surface area contributed by atoms with Crippen LogP contribution in [0, 0.1) is 0 Å². The van der Waals surface area contributed by atoms with Crippen molar-refractivity contribution in [3.63, 3.8) is 0 Å². The number of benzene rings is 1. The maximum atomic E-state index is 12.5. The lowest BCUT2D eigenvalue weighted by atomic mass is 9.95. The predicted molar refractivity (Wildman–Crippen MR) is 99.7 cm³/mol. The number of hydrogen-bond acceptors (Lipinski definition) is 4. The average molecular weight is 334 g/mol. The highest BCUT2D eigenvalue weighted by Gasteiger charge is 2.19. The van der Waals surface area contributed by atoms with Crippen molar-refractivity contribution < 1.29 is 0 Å². The summed E-state index contributed by atoms with van der Waals surface area (Å²) in [5, 5.41) is 4.18. The van der Waals surface area contributed by atoms with E-state index in [2.05, 4.69) is 27.4 Å². The van der Waals surface area contributed by atoms with Gasteiger partial charge < -0.3 is 5.32 Å². The predicted octanol–water partition coefficient (Wildman–Crippen LogP) is 3.91. The summed E-state index contributed by atoms with van der Waals surface area (Å²) >= 11 is 0. The number of rotatable bonds is 4. The molecule has 1 fully saturated rings. The van der Waals surface area contributed by atoms with E-state index in [9.17, 15) is 4.79 Å². The van der Waals surface area contributed by atoms with E-state index in [0.29, 0.717) is 12.5 Å². The van der Waals surface area contributed by atoms with Crippen molar-refractivity contribution in [1.82, 2.24) is 14.5 Å². The summed E-state index contributed by atoms with van der Waals surface area (Å²) in [5.74, 6) is 0.562. The van der Waals surface area contributed by atoms with Crippen LogP contribution < -0.4 is 10.9 Å². The molecule has 1 saturated carbocycles. The van der Waals surface area contributed by atoms with Gasteiger partial charge in [-0.2, -0.15) is 4.98 Å². The zero-order chi connectivity index (χ0) is 17.1. The van der Waals surface area contributed by atoms with Crippen molar-refractivity contribution >= 4 is 17.0 Å². The van der Waals surface area contributed by atoms with Gasteiger partial charge in [0, 0.05) is 30.2 Å². The Hall–Kier alpha value is -2.69. The largest absolute Gasteiger partial charge is 0.350 e. The van der Waals surface area contributed by atoms with Crippen LogP contribution in [0.5, 0.6) is 0 Å². The van der Waals surface area contributed by atoms with Gasteiger partial charge in [-0.25, -0.2) is 4.98 Å². The van der Waals surface area contributed by atoms with E-state index < -0.39 is 0 Å². The third-order valence-electron chi connectivity index (χ3n) is 4.90. The molecule has 5 heteroatoms. The Morgan fingerprint density at radius 3 is 2.64 bits per heavy atom. The first-order chi connectivity index (χ1) is 12.3. The highest BCUT2D eigenvalue weighted by atomic mass is 16.1. The molecule has 2 aromatic heterocycles. The van der Waals surface area contributed by atoms with Gasteiger partial charge in [-0.1, -0.05) is 49.6 Å². The second kappa shape index (κ2) is 7.05. The number of nitrogens with one attached hydrogen (secondary N) is 1. The maximum Gasteiger partial charge on any atom is 0.252 e. The summed E-state index contributed by atoms with van der Waals surface area (Å²) in [7, 11) is 0. The quantitative estimate of drug-likeness (QED) is 0.786. The van der Waals surface area contributed by atoms with Gasteiger partial charge in [-0.05, 0) is 24.5 Å². The first-order valence-corrected chi connectivity index (χ1v) is 8.97. The Bertz CT molecular complexity index is 914. The van der Waals surface area contributed by atoms with Crippen LogP contribution in [-0.4, -0.2) is 14.5 Å². The van der Waals surface area contributed by atoms with Crippen molar-refractivity contribution in [2.45, 2.75) is 44.7 Å². The first kappa shape index (κ1) is 15.8. The van der Waals surface area contributed by atoms with Gasteiger partial charge in [0.2, 0.25) is 5.95 Å².